The maximum Gasteiger partial charge on any atom is 0.321 e. The summed E-state index contributed by atoms with van der Waals surface area (Å²) in [5.41, 5.74) is 5.96. The third-order valence-electron chi connectivity index (χ3n) is 3.61. The number of nitrogens with two attached hydrogens (primary N) is 1. The van der Waals surface area contributed by atoms with Gasteiger partial charge in [0.05, 0.1) is 0 Å². The number of carbonyl (C=O) groups excluding carboxylic acids is 1. The van der Waals surface area contributed by atoms with Crippen LogP contribution < -0.4 is 5.73 Å². The highest BCUT2D eigenvalue weighted by Gasteiger charge is 2.31. The van der Waals surface area contributed by atoms with E-state index in [-0.39, 0.29) is 23.5 Å². The van der Waals surface area contributed by atoms with E-state index in [4.69, 9.17) is 5.73 Å². The van der Waals surface area contributed by atoms with Crippen LogP contribution in [0.2, 0.25) is 0 Å². The number of nitro groups is 1. The summed E-state index contributed by atoms with van der Waals surface area (Å²) in [5.74, 6) is 0.170. The van der Waals surface area contributed by atoms with E-state index < -0.39 is 4.92 Å². The minimum Gasteiger partial charge on any atom is -0.358 e. The number of nitrogens with one attached hydrogen (secondary N) is 1. The van der Waals surface area contributed by atoms with E-state index in [1.54, 1.807) is 4.90 Å². The molecule has 19 heavy (non-hydrogen) atoms. The Balaban J connectivity index is 2.15. The molecule has 7 nitrogen and oxygen atoms in total. The predicted molar refractivity (Wildman–Crippen MR) is 69.7 cm³/mol. The number of hydrogen-bond donors (Lipinski definition) is 2. The van der Waals surface area contributed by atoms with Crippen LogP contribution in [0.15, 0.2) is 12.1 Å². The molecule has 2 rings (SSSR count). The number of carbonyl (C=O) groups is 1. The molecule has 1 amide bonds. The van der Waals surface area contributed by atoms with Crippen molar-refractivity contribution in [2.75, 3.05) is 13.1 Å². The zero-order valence-corrected chi connectivity index (χ0v) is 10.8. The number of H-pyrrole nitrogens is 1. The third-order valence-corrected chi connectivity index (χ3v) is 3.61. The molecule has 1 aromatic rings. The Hall–Kier alpha value is -1.89. The Bertz CT molecular complexity index is 485. The minimum absolute atomic E-state index is 0.0126. The first-order valence-corrected chi connectivity index (χ1v) is 6.37. The van der Waals surface area contributed by atoms with Gasteiger partial charge < -0.3 is 20.7 Å². The topological polar surface area (TPSA) is 105 Å². The van der Waals surface area contributed by atoms with Gasteiger partial charge in [0, 0.05) is 25.2 Å². The summed E-state index contributed by atoms with van der Waals surface area (Å²) in [6, 6.07) is 2.77. The molecule has 0 spiro atoms. The Labute approximate surface area is 110 Å². The first-order chi connectivity index (χ1) is 9.02. The zero-order valence-electron chi connectivity index (χ0n) is 10.8. The van der Waals surface area contributed by atoms with Crippen LogP contribution in [0.1, 0.15) is 30.3 Å². The summed E-state index contributed by atoms with van der Waals surface area (Å²) in [6.07, 6.45) is 1.82. The van der Waals surface area contributed by atoms with Crippen LogP contribution in [0, 0.1) is 16.0 Å². The zero-order chi connectivity index (χ0) is 14.0. The summed E-state index contributed by atoms with van der Waals surface area (Å²) >= 11 is 0. The summed E-state index contributed by atoms with van der Waals surface area (Å²) in [6.45, 7) is 3.21. The summed E-state index contributed by atoms with van der Waals surface area (Å²) in [4.78, 5) is 26.6. The van der Waals surface area contributed by atoms with E-state index >= 15 is 0 Å². The highest BCUT2D eigenvalue weighted by molar-refractivity contribution is 5.93. The Morgan fingerprint density at radius 3 is 2.95 bits per heavy atom. The molecule has 0 bridgehead atoms. The van der Waals surface area contributed by atoms with E-state index in [0.717, 1.165) is 12.8 Å². The Morgan fingerprint density at radius 2 is 2.37 bits per heavy atom. The van der Waals surface area contributed by atoms with Crippen LogP contribution in [0.4, 0.5) is 5.82 Å². The van der Waals surface area contributed by atoms with Gasteiger partial charge in [-0.1, -0.05) is 6.92 Å². The Kier molecular flexibility index (Phi) is 3.84. The molecule has 1 aliphatic heterocycles. The lowest BCUT2D eigenvalue weighted by Gasteiger charge is -2.37. The fourth-order valence-electron chi connectivity index (χ4n) is 2.51. The number of piperidine rings is 1. The molecular weight excluding hydrogens is 248 g/mol. The molecular formula is C12H18N4O3. The number of rotatable bonds is 3. The van der Waals surface area contributed by atoms with E-state index in [1.807, 2.05) is 0 Å². The third kappa shape index (κ3) is 2.76. The average molecular weight is 266 g/mol. The molecule has 1 fully saturated rings. The van der Waals surface area contributed by atoms with E-state index in [2.05, 4.69) is 11.9 Å². The van der Waals surface area contributed by atoms with Crippen LogP contribution in [0.25, 0.3) is 0 Å². The maximum atomic E-state index is 12.3. The molecule has 2 atom stereocenters. The monoisotopic (exact) mass is 266 g/mol. The number of nitrogens with zero attached hydrogens (tertiary/aromatic N) is 2. The van der Waals surface area contributed by atoms with Crippen molar-refractivity contribution in [1.82, 2.24) is 9.88 Å². The molecule has 1 saturated heterocycles. The van der Waals surface area contributed by atoms with E-state index in [0.29, 0.717) is 19.0 Å². The van der Waals surface area contributed by atoms with Crippen LogP contribution in [-0.4, -0.2) is 39.8 Å². The summed E-state index contributed by atoms with van der Waals surface area (Å²) < 4.78 is 0. The van der Waals surface area contributed by atoms with Gasteiger partial charge in [-0.3, -0.25) is 4.79 Å². The second kappa shape index (κ2) is 5.40. The molecule has 0 aromatic carbocycles. The fourth-order valence-corrected chi connectivity index (χ4v) is 2.51. The molecule has 3 N–H and O–H groups in total. The van der Waals surface area contributed by atoms with Crippen molar-refractivity contribution in [2.45, 2.75) is 25.8 Å². The van der Waals surface area contributed by atoms with Crippen molar-refractivity contribution in [3.63, 3.8) is 0 Å². The van der Waals surface area contributed by atoms with Gasteiger partial charge in [-0.25, -0.2) is 4.98 Å². The Morgan fingerprint density at radius 1 is 1.63 bits per heavy atom. The van der Waals surface area contributed by atoms with Crippen LogP contribution in [-0.2, 0) is 0 Å². The largest absolute Gasteiger partial charge is 0.358 e. The van der Waals surface area contributed by atoms with Gasteiger partial charge in [0.15, 0.2) is 5.69 Å². The van der Waals surface area contributed by atoms with Crippen molar-refractivity contribution < 1.29 is 9.72 Å². The highest BCUT2D eigenvalue weighted by Crippen LogP contribution is 2.24. The van der Waals surface area contributed by atoms with Gasteiger partial charge in [0.1, 0.15) is 0 Å². The molecule has 0 aliphatic carbocycles. The number of hydrogen-bond acceptors (Lipinski definition) is 4. The second-order valence-corrected chi connectivity index (χ2v) is 5.03. The summed E-state index contributed by atoms with van der Waals surface area (Å²) in [5, 5.41) is 10.6. The van der Waals surface area contributed by atoms with Crippen LogP contribution >= 0.6 is 0 Å². The van der Waals surface area contributed by atoms with Crippen molar-refractivity contribution in [3.8, 4) is 0 Å². The lowest BCUT2D eigenvalue weighted by atomic mass is 9.92. The van der Waals surface area contributed by atoms with Crippen molar-refractivity contribution in [3.05, 3.63) is 27.9 Å². The standard InChI is InChI=1S/C12H18N4O3/c1-8-4-5-15(9(6-8)7-13)12(17)10-2-3-11(14-10)16(18)19/h2-3,8-9,14H,4-7,13H2,1H3. The van der Waals surface area contributed by atoms with Crippen molar-refractivity contribution in [1.29, 1.82) is 0 Å². The lowest BCUT2D eigenvalue weighted by molar-refractivity contribution is -0.389. The number of likely N-dealkylation sites (tertiary alicyclic amines) is 1. The first-order valence-electron chi connectivity index (χ1n) is 6.37. The van der Waals surface area contributed by atoms with Crippen LogP contribution in [0.5, 0.6) is 0 Å². The number of amides is 1. The molecule has 0 saturated carbocycles. The predicted octanol–water partition coefficient (Wildman–Crippen LogP) is 1.12. The van der Waals surface area contributed by atoms with Crippen LogP contribution in [0.3, 0.4) is 0 Å². The second-order valence-electron chi connectivity index (χ2n) is 5.03. The summed E-state index contributed by atoms with van der Waals surface area (Å²) in [7, 11) is 0. The molecule has 7 heteroatoms. The normalized spacial score (nSPS) is 23.4. The van der Waals surface area contributed by atoms with E-state index in [9.17, 15) is 14.9 Å². The molecule has 2 unspecified atom stereocenters. The SMILES string of the molecule is CC1CCN(C(=O)c2ccc([N+](=O)[O-])[nH]2)C(CN)C1. The molecule has 104 valence electrons. The van der Waals surface area contributed by atoms with Gasteiger partial charge in [-0.05, 0) is 29.7 Å². The molecule has 2 heterocycles. The van der Waals surface area contributed by atoms with Gasteiger partial charge in [0.2, 0.25) is 0 Å². The van der Waals surface area contributed by atoms with Gasteiger partial charge >= 0.3 is 5.82 Å². The quantitative estimate of drug-likeness (QED) is 0.631. The van der Waals surface area contributed by atoms with Gasteiger partial charge in [-0.2, -0.15) is 0 Å². The number of aromatic nitrogens is 1. The van der Waals surface area contributed by atoms with Crippen molar-refractivity contribution in [2.24, 2.45) is 11.7 Å². The smallest absolute Gasteiger partial charge is 0.321 e. The molecule has 0 radical (unpaired) electrons. The fraction of sp³-hybridized carbons (Fsp3) is 0.583. The molecule has 1 aromatic heterocycles. The van der Waals surface area contributed by atoms with E-state index in [1.165, 1.54) is 12.1 Å². The lowest BCUT2D eigenvalue weighted by Crippen LogP contribution is -2.49. The molecule has 1 aliphatic rings. The number of aromatic amines is 1. The average Bonchev–Trinajstić information content (AvgIpc) is 2.87. The maximum absolute atomic E-state index is 12.3. The highest BCUT2D eigenvalue weighted by atomic mass is 16.6. The van der Waals surface area contributed by atoms with Crippen molar-refractivity contribution >= 4 is 11.7 Å². The van der Waals surface area contributed by atoms with Gasteiger partial charge in [0.25, 0.3) is 5.91 Å². The van der Waals surface area contributed by atoms with Gasteiger partial charge in [-0.15, -0.1) is 0 Å². The minimum atomic E-state index is -0.546. The first kappa shape index (κ1) is 13.5.